The van der Waals surface area contributed by atoms with Crippen LogP contribution in [0.5, 0.6) is 0 Å². The Balaban J connectivity index is 2.13. The molecule has 0 fully saturated rings. The number of carbonyl (C=O) groups is 1. The zero-order valence-corrected chi connectivity index (χ0v) is 12.6. The van der Waals surface area contributed by atoms with Crippen LogP contribution in [0.1, 0.15) is 12.5 Å². The number of carbonyl (C=O) groups excluding carboxylic acids is 1. The number of H-pyrrole nitrogens is 1. The van der Waals surface area contributed by atoms with Gasteiger partial charge in [0.1, 0.15) is 0 Å². The molecule has 2 aromatic carbocycles. The lowest BCUT2D eigenvalue weighted by Gasteiger charge is -2.01. The fraction of sp³-hybridized carbons (Fsp3) is 0.0588. The van der Waals surface area contributed by atoms with Crippen LogP contribution in [0.3, 0.4) is 0 Å². The molecule has 0 spiro atoms. The number of rotatable bonds is 3. The number of oxime groups is 1. The van der Waals surface area contributed by atoms with Gasteiger partial charge in [0.2, 0.25) is 0 Å². The number of benzene rings is 2. The molecule has 1 N–H and O–H groups in total. The van der Waals surface area contributed by atoms with Gasteiger partial charge in [-0.3, -0.25) is 0 Å². The van der Waals surface area contributed by atoms with Gasteiger partial charge in [-0.1, -0.05) is 47.1 Å². The van der Waals surface area contributed by atoms with E-state index < -0.39 is 5.97 Å². The molecule has 0 aliphatic rings. The summed E-state index contributed by atoms with van der Waals surface area (Å²) in [5.41, 5.74) is 3.72. The van der Waals surface area contributed by atoms with Crippen molar-refractivity contribution in [3.63, 3.8) is 0 Å². The second-order valence-electron chi connectivity index (χ2n) is 4.78. The van der Waals surface area contributed by atoms with Gasteiger partial charge < -0.3 is 9.82 Å². The van der Waals surface area contributed by atoms with Gasteiger partial charge in [0.25, 0.3) is 0 Å². The summed E-state index contributed by atoms with van der Waals surface area (Å²) in [5.74, 6) is -0.455. The quantitative estimate of drug-likeness (QED) is 0.443. The predicted molar refractivity (Wildman–Crippen MR) is 88.1 cm³/mol. The lowest BCUT2D eigenvalue weighted by molar-refractivity contribution is -0.140. The third-order valence-corrected chi connectivity index (χ3v) is 3.49. The average Bonchev–Trinajstić information content (AvgIpc) is 2.87. The lowest BCUT2D eigenvalue weighted by Crippen LogP contribution is -1.92. The maximum absolute atomic E-state index is 10.9. The van der Waals surface area contributed by atoms with Gasteiger partial charge in [-0.05, 0) is 23.8 Å². The van der Waals surface area contributed by atoms with E-state index in [0.29, 0.717) is 5.02 Å². The molecule has 3 rings (SSSR count). The minimum Gasteiger partial charge on any atom is -0.354 e. The van der Waals surface area contributed by atoms with Crippen LogP contribution in [0, 0.1) is 0 Å². The Kier molecular flexibility index (Phi) is 3.94. The van der Waals surface area contributed by atoms with E-state index in [2.05, 4.69) is 15.0 Å². The number of hydrogen-bond acceptors (Lipinski definition) is 3. The number of aromatic amines is 1. The summed E-state index contributed by atoms with van der Waals surface area (Å²) in [7, 11) is 0. The number of hydrogen-bond donors (Lipinski definition) is 1. The topological polar surface area (TPSA) is 54.4 Å². The Labute approximate surface area is 132 Å². The van der Waals surface area contributed by atoms with Crippen molar-refractivity contribution in [3.8, 4) is 11.3 Å². The third kappa shape index (κ3) is 2.87. The molecule has 1 aromatic heterocycles. The highest BCUT2D eigenvalue weighted by molar-refractivity contribution is 6.30. The van der Waals surface area contributed by atoms with Gasteiger partial charge in [0.15, 0.2) is 0 Å². The van der Waals surface area contributed by atoms with E-state index >= 15 is 0 Å². The SMILES string of the molecule is CC(=O)ON=Cc1c(-c2ccc(Cl)cc2)[nH]c2ccccc12. The van der Waals surface area contributed by atoms with E-state index in [-0.39, 0.29) is 0 Å². The van der Waals surface area contributed by atoms with Gasteiger partial charge in [-0.15, -0.1) is 0 Å². The first-order valence-corrected chi connectivity index (χ1v) is 7.10. The Morgan fingerprint density at radius 1 is 1.18 bits per heavy atom. The van der Waals surface area contributed by atoms with E-state index in [1.165, 1.54) is 6.92 Å². The van der Waals surface area contributed by atoms with Crippen molar-refractivity contribution in [2.24, 2.45) is 5.16 Å². The van der Waals surface area contributed by atoms with Crippen molar-refractivity contribution in [2.75, 3.05) is 0 Å². The van der Waals surface area contributed by atoms with Gasteiger partial charge in [0, 0.05) is 28.4 Å². The Hall–Kier alpha value is -2.59. The summed E-state index contributed by atoms with van der Waals surface area (Å²) < 4.78 is 0. The second kappa shape index (κ2) is 6.03. The Bertz CT molecular complexity index is 851. The first-order chi connectivity index (χ1) is 10.6. The summed E-state index contributed by atoms with van der Waals surface area (Å²) >= 11 is 5.94. The summed E-state index contributed by atoms with van der Waals surface area (Å²) in [6, 6.07) is 15.4. The molecule has 4 nitrogen and oxygen atoms in total. The minimum atomic E-state index is -0.455. The molecule has 110 valence electrons. The highest BCUT2D eigenvalue weighted by atomic mass is 35.5. The fourth-order valence-corrected chi connectivity index (χ4v) is 2.42. The van der Waals surface area contributed by atoms with E-state index in [4.69, 9.17) is 11.6 Å². The molecule has 0 atom stereocenters. The van der Waals surface area contributed by atoms with Crippen LogP contribution in [-0.2, 0) is 9.63 Å². The fourth-order valence-electron chi connectivity index (χ4n) is 2.30. The largest absolute Gasteiger partial charge is 0.354 e. The smallest absolute Gasteiger partial charge is 0.331 e. The summed E-state index contributed by atoms with van der Waals surface area (Å²) in [6.45, 7) is 1.31. The van der Waals surface area contributed by atoms with Gasteiger partial charge in [-0.2, -0.15) is 0 Å². The van der Waals surface area contributed by atoms with Crippen molar-refractivity contribution in [1.82, 2.24) is 4.98 Å². The van der Waals surface area contributed by atoms with E-state index in [0.717, 1.165) is 27.7 Å². The van der Waals surface area contributed by atoms with Crippen molar-refractivity contribution in [1.29, 1.82) is 0 Å². The molecule has 0 saturated carbocycles. The lowest BCUT2D eigenvalue weighted by atomic mass is 10.1. The number of para-hydroxylation sites is 1. The molecule has 3 aromatic rings. The predicted octanol–water partition coefficient (Wildman–Crippen LogP) is 4.39. The highest BCUT2D eigenvalue weighted by Gasteiger charge is 2.11. The maximum Gasteiger partial charge on any atom is 0.331 e. The molecular weight excluding hydrogens is 300 g/mol. The second-order valence-corrected chi connectivity index (χ2v) is 5.22. The van der Waals surface area contributed by atoms with Gasteiger partial charge in [0.05, 0.1) is 11.9 Å². The summed E-state index contributed by atoms with van der Waals surface area (Å²) in [6.07, 6.45) is 1.55. The number of nitrogens with zero attached hydrogens (tertiary/aromatic N) is 1. The molecule has 0 aliphatic heterocycles. The van der Waals surface area contributed by atoms with Crippen LogP contribution in [-0.4, -0.2) is 17.2 Å². The third-order valence-electron chi connectivity index (χ3n) is 3.24. The first-order valence-electron chi connectivity index (χ1n) is 6.73. The number of fused-ring (bicyclic) bond motifs is 1. The normalized spacial score (nSPS) is 11.2. The maximum atomic E-state index is 10.9. The molecule has 0 unspecified atom stereocenters. The van der Waals surface area contributed by atoms with Crippen LogP contribution in [0.25, 0.3) is 22.2 Å². The average molecular weight is 313 g/mol. The number of aromatic nitrogens is 1. The number of halogens is 1. The number of nitrogens with one attached hydrogen (secondary N) is 1. The Morgan fingerprint density at radius 2 is 1.91 bits per heavy atom. The molecule has 0 aliphatic carbocycles. The Morgan fingerprint density at radius 3 is 2.64 bits per heavy atom. The van der Waals surface area contributed by atoms with Crippen LogP contribution in [0.4, 0.5) is 0 Å². The van der Waals surface area contributed by atoms with Crippen molar-refractivity contribution in [3.05, 3.63) is 59.1 Å². The van der Waals surface area contributed by atoms with Gasteiger partial charge >= 0.3 is 5.97 Å². The molecule has 0 saturated heterocycles. The molecule has 1 heterocycles. The van der Waals surface area contributed by atoms with Crippen molar-refractivity contribution >= 4 is 34.7 Å². The van der Waals surface area contributed by atoms with Crippen molar-refractivity contribution in [2.45, 2.75) is 6.92 Å². The van der Waals surface area contributed by atoms with Crippen LogP contribution >= 0.6 is 11.6 Å². The molecule has 0 amide bonds. The van der Waals surface area contributed by atoms with Gasteiger partial charge in [-0.25, -0.2) is 4.79 Å². The van der Waals surface area contributed by atoms with Crippen LogP contribution in [0.15, 0.2) is 53.7 Å². The minimum absolute atomic E-state index is 0.455. The summed E-state index contributed by atoms with van der Waals surface area (Å²) in [5, 5.41) is 5.43. The van der Waals surface area contributed by atoms with Crippen LogP contribution < -0.4 is 0 Å². The standard InChI is InChI=1S/C17H13ClN2O2/c1-11(21)22-19-10-15-14-4-2-3-5-16(14)20-17(15)12-6-8-13(18)9-7-12/h2-10,20H,1H3. The zero-order valence-electron chi connectivity index (χ0n) is 11.8. The van der Waals surface area contributed by atoms with Crippen LogP contribution in [0.2, 0.25) is 5.02 Å². The first kappa shape index (κ1) is 14.4. The van der Waals surface area contributed by atoms with E-state index in [1.54, 1.807) is 6.21 Å². The van der Waals surface area contributed by atoms with Crippen molar-refractivity contribution < 1.29 is 9.63 Å². The van der Waals surface area contributed by atoms with E-state index in [1.807, 2.05) is 48.5 Å². The molecule has 5 heteroatoms. The molecule has 0 bridgehead atoms. The van der Waals surface area contributed by atoms with E-state index in [9.17, 15) is 4.79 Å². The molecule has 0 radical (unpaired) electrons. The summed E-state index contributed by atoms with van der Waals surface area (Å²) in [4.78, 5) is 18.9. The highest BCUT2D eigenvalue weighted by Crippen LogP contribution is 2.29. The monoisotopic (exact) mass is 312 g/mol. The molecule has 22 heavy (non-hydrogen) atoms. The zero-order chi connectivity index (χ0) is 15.5. The molecular formula is C17H13ClN2O2.